The number of unbranched alkanes of at least 4 members (excludes halogenated alkanes) is 3. The maximum Gasteiger partial charge on any atom is 0.263 e. The van der Waals surface area contributed by atoms with Crippen LogP contribution in [0.2, 0.25) is 0 Å². The molecule has 0 spiro atoms. The fraction of sp³-hybridized carbons (Fsp3) is 0.333. The third-order valence-electron chi connectivity index (χ3n) is 4.64. The number of aromatic hydroxyl groups is 2. The second-order valence-electron chi connectivity index (χ2n) is 7.21. The number of azo groups is 1. The molecule has 0 saturated carbocycles. The zero-order valence-corrected chi connectivity index (χ0v) is 19.4. The van der Waals surface area contributed by atoms with E-state index in [0.717, 1.165) is 37.0 Å². The molecule has 1 heterocycles. The smallest absolute Gasteiger partial charge is 0.263 e. The van der Waals surface area contributed by atoms with Crippen LogP contribution < -0.4 is 4.72 Å². The third-order valence-corrected chi connectivity index (χ3v) is 6.88. The molecule has 0 amide bonds. The van der Waals surface area contributed by atoms with E-state index in [9.17, 15) is 18.6 Å². The van der Waals surface area contributed by atoms with Gasteiger partial charge in [0.25, 0.3) is 10.0 Å². The highest BCUT2D eigenvalue weighted by Gasteiger charge is 2.16. The highest BCUT2D eigenvalue weighted by Crippen LogP contribution is 2.35. The monoisotopic (exact) mass is 475 g/mol. The van der Waals surface area contributed by atoms with Gasteiger partial charge in [-0.05, 0) is 55.7 Å². The van der Waals surface area contributed by atoms with Crippen molar-refractivity contribution >= 4 is 37.9 Å². The molecule has 9 nitrogen and oxygen atoms in total. The lowest BCUT2D eigenvalue weighted by atomic mass is 10.0. The normalized spacial score (nSPS) is 11.8. The van der Waals surface area contributed by atoms with Gasteiger partial charge in [0.05, 0.1) is 10.6 Å². The van der Waals surface area contributed by atoms with Crippen LogP contribution in [-0.2, 0) is 16.4 Å². The number of aromatic nitrogens is 2. The number of hydrogen-bond donors (Lipinski definition) is 3. The fourth-order valence-electron chi connectivity index (χ4n) is 2.95. The van der Waals surface area contributed by atoms with Crippen LogP contribution in [0.15, 0.2) is 51.5 Å². The van der Waals surface area contributed by atoms with Crippen LogP contribution in [0, 0.1) is 6.92 Å². The minimum atomic E-state index is -3.80. The van der Waals surface area contributed by atoms with Gasteiger partial charge in [0.1, 0.15) is 22.2 Å². The summed E-state index contributed by atoms with van der Waals surface area (Å²) in [6, 6.07) is 8.70. The molecule has 0 radical (unpaired) electrons. The SMILES string of the molecule is CCCCCCc1cc(N=Nc2ccc(S(=O)(=O)Nc3nnc(C)s3)cc2)c(O)cc1O. The third kappa shape index (κ3) is 6.24. The number of hydrogen-bond acceptors (Lipinski definition) is 9. The van der Waals surface area contributed by atoms with Crippen molar-refractivity contribution in [2.24, 2.45) is 10.2 Å². The fourth-order valence-corrected chi connectivity index (χ4v) is 4.77. The van der Waals surface area contributed by atoms with Crippen molar-refractivity contribution in [3.05, 3.63) is 47.0 Å². The van der Waals surface area contributed by atoms with E-state index in [1.165, 1.54) is 30.3 Å². The maximum atomic E-state index is 12.5. The van der Waals surface area contributed by atoms with Gasteiger partial charge in [-0.25, -0.2) is 8.42 Å². The molecular weight excluding hydrogens is 450 g/mol. The van der Waals surface area contributed by atoms with E-state index in [4.69, 9.17) is 0 Å². The Morgan fingerprint density at radius 1 is 1.00 bits per heavy atom. The lowest BCUT2D eigenvalue weighted by Gasteiger charge is -2.07. The second-order valence-corrected chi connectivity index (χ2v) is 10.1. The molecule has 0 atom stereocenters. The topological polar surface area (TPSA) is 137 Å². The average Bonchev–Trinajstić information content (AvgIpc) is 3.15. The number of nitrogens with one attached hydrogen (secondary N) is 1. The molecule has 0 aliphatic heterocycles. The highest BCUT2D eigenvalue weighted by atomic mass is 32.2. The molecule has 0 aliphatic carbocycles. The first-order chi connectivity index (χ1) is 15.3. The lowest BCUT2D eigenvalue weighted by molar-refractivity contribution is 0.445. The molecule has 32 heavy (non-hydrogen) atoms. The van der Waals surface area contributed by atoms with Gasteiger partial charge in [0.15, 0.2) is 0 Å². The first-order valence-corrected chi connectivity index (χ1v) is 12.5. The van der Waals surface area contributed by atoms with E-state index < -0.39 is 10.0 Å². The Labute approximate surface area is 190 Å². The lowest BCUT2D eigenvalue weighted by Crippen LogP contribution is -2.12. The molecule has 3 rings (SSSR count). The number of phenolic OH excluding ortho intramolecular Hbond substituents is 2. The molecule has 0 bridgehead atoms. The summed E-state index contributed by atoms with van der Waals surface area (Å²) in [5.41, 5.74) is 1.35. The predicted octanol–water partition coefficient (Wildman–Crippen LogP) is 5.60. The van der Waals surface area contributed by atoms with E-state index in [1.54, 1.807) is 13.0 Å². The summed E-state index contributed by atoms with van der Waals surface area (Å²) in [6.45, 7) is 3.87. The highest BCUT2D eigenvalue weighted by molar-refractivity contribution is 7.93. The standard InChI is InChI=1S/C21H25N5O4S2/c1-3-4-5-6-7-15-12-18(20(28)13-19(15)27)24-23-16-8-10-17(11-9-16)32(29,30)26-21-25-22-14(2)31-21/h8-13,27-28H,3-7H2,1-2H3,(H,25,26). The van der Waals surface area contributed by atoms with E-state index in [2.05, 4.69) is 32.1 Å². The van der Waals surface area contributed by atoms with Crippen LogP contribution in [0.1, 0.15) is 43.2 Å². The molecule has 2 aromatic carbocycles. The number of sulfonamides is 1. The minimum Gasteiger partial charge on any atom is -0.508 e. The number of rotatable bonds is 10. The summed E-state index contributed by atoms with van der Waals surface area (Å²) in [5, 5.41) is 36.7. The Bertz CT molecular complexity index is 1190. The van der Waals surface area contributed by atoms with Crippen LogP contribution in [0.3, 0.4) is 0 Å². The van der Waals surface area contributed by atoms with Gasteiger partial charge < -0.3 is 10.2 Å². The van der Waals surface area contributed by atoms with Crippen molar-refractivity contribution in [1.29, 1.82) is 0 Å². The second kappa shape index (κ2) is 10.5. The number of benzene rings is 2. The van der Waals surface area contributed by atoms with Crippen LogP contribution >= 0.6 is 11.3 Å². The van der Waals surface area contributed by atoms with Gasteiger partial charge in [-0.1, -0.05) is 37.5 Å². The molecule has 0 unspecified atom stereocenters. The van der Waals surface area contributed by atoms with Crippen molar-refractivity contribution in [2.75, 3.05) is 4.72 Å². The summed E-state index contributed by atoms with van der Waals surface area (Å²) in [6.07, 6.45) is 4.94. The molecular formula is C21H25N5O4S2. The molecule has 0 saturated heterocycles. The van der Waals surface area contributed by atoms with Crippen molar-refractivity contribution in [2.45, 2.75) is 50.8 Å². The summed E-state index contributed by atoms with van der Waals surface area (Å²) in [7, 11) is -3.80. The molecule has 1 aromatic heterocycles. The largest absolute Gasteiger partial charge is 0.508 e. The summed E-state index contributed by atoms with van der Waals surface area (Å²) in [4.78, 5) is 0.0474. The minimum absolute atomic E-state index is 0.0330. The number of nitrogens with zero attached hydrogens (tertiary/aromatic N) is 4. The molecule has 3 aromatic rings. The van der Waals surface area contributed by atoms with E-state index in [0.29, 0.717) is 22.7 Å². The van der Waals surface area contributed by atoms with Gasteiger partial charge in [0, 0.05) is 6.07 Å². The Morgan fingerprint density at radius 2 is 1.75 bits per heavy atom. The number of phenols is 2. The Balaban J connectivity index is 1.71. The predicted molar refractivity (Wildman–Crippen MR) is 124 cm³/mol. The first-order valence-electron chi connectivity index (χ1n) is 10.2. The summed E-state index contributed by atoms with van der Waals surface area (Å²) >= 11 is 1.14. The van der Waals surface area contributed by atoms with Crippen molar-refractivity contribution in [3.8, 4) is 11.5 Å². The Kier molecular flexibility index (Phi) is 7.75. The van der Waals surface area contributed by atoms with Crippen molar-refractivity contribution < 1.29 is 18.6 Å². The molecule has 170 valence electrons. The van der Waals surface area contributed by atoms with Crippen LogP contribution in [0.4, 0.5) is 16.5 Å². The van der Waals surface area contributed by atoms with Crippen molar-refractivity contribution in [3.63, 3.8) is 0 Å². The molecule has 0 fully saturated rings. The van der Waals surface area contributed by atoms with Gasteiger partial charge in [-0.2, -0.15) is 5.11 Å². The van der Waals surface area contributed by atoms with Crippen LogP contribution in [0.5, 0.6) is 11.5 Å². The zero-order chi connectivity index (χ0) is 23.1. The van der Waals surface area contributed by atoms with Gasteiger partial charge in [-0.15, -0.1) is 15.3 Å². The maximum absolute atomic E-state index is 12.5. The first kappa shape index (κ1) is 23.6. The number of aryl methyl sites for hydroxylation is 2. The quantitative estimate of drug-likeness (QED) is 0.258. The summed E-state index contributed by atoms with van der Waals surface area (Å²) < 4.78 is 27.3. The van der Waals surface area contributed by atoms with E-state index in [-0.39, 0.29) is 27.2 Å². The van der Waals surface area contributed by atoms with E-state index in [1.807, 2.05) is 0 Å². The van der Waals surface area contributed by atoms with Gasteiger partial charge in [-0.3, -0.25) is 4.72 Å². The van der Waals surface area contributed by atoms with Crippen LogP contribution in [0.25, 0.3) is 0 Å². The molecule has 11 heteroatoms. The summed E-state index contributed by atoms with van der Waals surface area (Å²) in [5.74, 6) is -0.148. The van der Waals surface area contributed by atoms with Gasteiger partial charge in [0.2, 0.25) is 5.13 Å². The number of anilines is 1. The van der Waals surface area contributed by atoms with Crippen molar-refractivity contribution in [1.82, 2.24) is 10.2 Å². The Hall–Kier alpha value is -3.05. The molecule has 0 aliphatic rings. The molecule has 3 N–H and O–H groups in total. The zero-order valence-electron chi connectivity index (χ0n) is 17.8. The Morgan fingerprint density at radius 3 is 2.41 bits per heavy atom. The van der Waals surface area contributed by atoms with Gasteiger partial charge >= 0.3 is 0 Å². The average molecular weight is 476 g/mol. The van der Waals surface area contributed by atoms with E-state index >= 15 is 0 Å². The van der Waals surface area contributed by atoms with Crippen LogP contribution in [-0.4, -0.2) is 28.8 Å².